The van der Waals surface area contributed by atoms with Gasteiger partial charge in [-0.25, -0.2) is 9.37 Å². The van der Waals surface area contributed by atoms with Crippen molar-refractivity contribution in [2.75, 3.05) is 13.1 Å². The number of aryl methyl sites for hydroxylation is 1. The van der Waals surface area contributed by atoms with Crippen molar-refractivity contribution < 1.29 is 13.7 Å². The molecule has 0 atom stereocenters. The molecule has 1 aliphatic heterocycles. The van der Waals surface area contributed by atoms with E-state index in [4.69, 9.17) is 9.51 Å². The van der Waals surface area contributed by atoms with Crippen LogP contribution in [0.4, 0.5) is 4.39 Å². The molecule has 0 radical (unpaired) electrons. The van der Waals surface area contributed by atoms with Crippen LogP contribution in [-0.4, -0.2) is 43.6 Å². The molecule has 0 unspecified atom stereocenters. The van der Waals surface area contributed by atoms with E-state index in [1.165, 1.54) is 25.0 Å². The summed E-state index contributed by atoms with van der Waals surface area (Å²) in [6.07, 6.45) is 8.50. The van der Waals surface area contributed by atoms with Gasteiger partial charge in [0.2, 0.25) is 0 Å². The van der Waals surface area contributed by atoms with Gasteiger partial charge in [0.25, 0.3) is 11.8 Å². The Bertz CT molecular complexity index is 1050. The van der Waals surface area contributed by atoms with E-state index >= 15 is 0 Å². The number of imidazole rings is 1. The van der Waals surface area contributed by atoms with Crippen LogP contribution in [0.15, 0.2) is 41.2 Å². The number of hydrogen-bond acceptors (Lipinski definition) is 5. The predicted molar refractivity (Wildman–Crippen MR) is 107 cm³/mol. The molecule has 1 saturated carbocycles. The molecule has 8 heteroatoms. The summed E-state index contributed by atoms with van der Waals surface area (Å²) in [4.78, 5) is 23.6. The van der Waals surface area contributed by atoms with Gasteiger partial charge in [-0.2, -0.15) is 4.98 Å². The van der Waals surface area contributed by atoms with Crippen molar-refractivity contribution in [3.63, 3.8) is 0 Å². The molecule has 2 aromatic heterocycles. The van der Waals surface area contributed by atoms with Crippen LogP contribution in [0.2, 0.25) is 0 Å². The number of halogens is 1. The Hall–Kier alpha value is -3.03. The van der Waals surface area contributed by atoms with Gasteiger partial charge >= 0.3 is 0 Å². The molecule has 2 aliphatic rings. The van der Waals surface area contributed by atoms with E-state index in [0.717, 1.165) is 19.3 Å². The number of benzene rings is 1. The highest BCUT2D eigenvalue weighted by Gasteiger charge is 2.45. The molecule has 7 nitrogen and oxygen atoms in total. The summed E-state index contributed by atoms with van der Waals surface area (Å²) in [6.45, 7) is 1.28. The minimum Gasteiger partial charge on any atom is -0.336 e. The van der Waals surface area contributed by atoms with Crippen molar-refractivity contribution in [2.45, 2.75) is 37.5 Å². The van der Waals surface area contributed by atoms with Gasteiger partial charge in [-0.3, -0.25) is 4.79 Å². The lowest BCUT2D eigenvalue weighted by molar-refractivity contribution is 0.0630. The third kappa shape index (κ3) is 3.51. The Morgan fingerprint density at radius 3 is 2.60 bits per heavy atom. The Balaban J connectivity index is 1.37. The zero-order valence-corrected chi connectivity index (χ0v) is 16.9. The molecular weight excluding hydrogens is 385 g/mol. The van der Waals surface area contributed by atoms with Crippen LogP contribution in [-0.2, 0) is 12.5 Å². The first-order valence-corrected chi connectivity index (χ1v) is 10.4. The van der Waals surface area contributed by atoms with Gasteiger partial charge < -0.3 is 14.0 Å². The molecule has 1 aliphatic carbocycles. The van der Waals surface area contributed by atoms with E-state index in [1.807, 2.05) is 11.9 Å². The number of rotatable bonds is 5. The smallest absolute Gasteiger partial charge is 0.289 e. The molecule has 156 valence electrons. The molecule has 3 heterocycles. The summed E-state index contributed by atoms with van der Waals surface area (Å²) >= 11 is 0. The molecule has 1 amide bonds. The molecule has 30 heavy (non-hydrogen) atoms. The SMILES string of the molecule is Cn1ccnc1C(=O)N1CCC(CC2CC2)(c2noc(-c3ccc(F)cc3)n2)CC1. The maximum absolute atomic E-state index is 13.2. The Labute approximate surface area is 173 Å². The van der Waals surface area contributed by atoms with Crippen LogP contribution in [0.3, 0.4) is 0 Å². The fourth-order valence-corrected chi connectivity index (χ4v) is 4.39. The van der Waals surface area contributed by atoms with Crippen molar-refractivity contribution in [1.29, 1.82) is 0 Å². The average molecular weight is 409 g/mol. The number of likely N-dealkylation sites (tertiary alicyclic amines) is 1. The van der Waals surface area contributed by atoms with E-state index < -0.39 is 0 Å². The number of piperidine rings is 1. The lowest BCUT2D eigenvalue weighted by atomic mass is 9.73. The van der Waals surface area contributed by atoms with E-state index in [9.17, 15) is 9.18 Å². The summed E-state index contributed by atoms with van der Waals surface area (Å²) in [5.74, 6) is 1.93. The Morgan fingerprint density at radius 2 is 1.97 bits per heavy atom. The van der Waals surface area contributed by atoms with Crippen molar-refractivity contribution in [2.24, 2.45) is 13.0 Å². The molecule has 5 rings (SSSR count). The third-order valence-electron chi connectivity index (χ3n) is 6.39. The van der Waals surface area contributed by atoms with Gasteiger partial charge in [-0.05, 0) is 49.4 Å². The van der Waals surface area contributed by atoms with Gasteiger partial charge in [0.05, 0.1) is 0 Å². The molecule has 0 N–H and O–H groups in total. The van der Waals surface area contributed by atoms with E-state index in [1.54, 1.807) is 29.1 Å². The lowest BCUT2D eigenvalue weighted by Gasteiger charge is -2.40. The van der Waals surface area contributed by atoms with Crippen LogP contribution in [0.5, 0.6) is 0 Å². The lowest BCUT2D eigenvalue weighted by Crippen LogP contribution is -2.46. The van der Waals surface area contributed by atoms with Crippen LogP contribution in [0.25, 0.3) is 11.5 Å². The average Bonchev–Trinajstić information content (AvgIpc) is 3.24. The molecule has 1 aromatic carbocycles. The molecule has 0 spiro atoms. The minimum absolute atomic E-state index is 0.0392. The highest BCUT2D eigenvalue weighted by atomic mass is 19.1. The van der Waals surface area contributed by atoms with Gasteiger partial charge in [-0.15, -0.1) is 0 Å². The Kier molecular flexibility index (Phi) is 4.64. The maximum atomic E-state index is 13.2. The first-order chi connectivity index (χ1) is 14.5. The largest absolute Gasteiger partial charge is 0.336 e. The second-order valence-electron chi connectivity index (χ2n) is 8.51. The zero-order chi connectivity index (χ0) is 20.7. The molecular formula is C22H24FN5O2. The monoisotopic (exact) mass is 409 g/mol. The highest BCUT2D eigenvalue weighted by Crippen LogP contribution is 2.46. The van der Waals surface area contributed by atoms with E-state index in [2.05, 4.69) is 10.1 Å². The minimum atomic E-state index is -0.298. The molecule has 2 fully saturated rings. The number of amides is 1. The number of hydrogen-bond donors (Lipinski definition) is 0. The van der Waals surface area contributed by atoms with Crippen LogP contribution >= 0.6 is 0 Å². The summed E-state index contributed by atoms with van der Waals surface area (Å²) in [5, 5.41) is 4.33. The van der Waals surface area contributed by atoms with Gasteiger partial charge in [0, 0.05) is 43.5 Å². The summed E-state index contributed by atoms with van der Waals surface area (Å²) in [6, 6.07) is 6.07. The second kappa shape index (κ2) is 7.34. The molecule has 0 bridgehead atoms. The van der Waals surface area contributed by atoms with E-state index in [-0.39, 0.29) is 17.1 Å². The number of aromatic nitrogens is 4. The van der Waals surface area contributed by atoms with Crippen molar-refractivity contribution in [3.05, 3.63) is 54.1 Å². The van der Waals surface area contributed by atoms with Crippen molar-refractivity contribution in [3.8, 4) is 11.5 Å². The first-order valence-electron chi connectivity index (χ1n) is 10.4. The van der Waals surface area contributed by atoms with Crippen LogP contribution in [0.1, 0.15) is 48.5 Å². The number of nitrogens with zero attached hydrogens (tertiary/aromatic N) is 5. The fourth-order valence-electron chi connectivity index (χ4n) is 4.39. The van der Waals surface area contributed by atoms with Gasteiger partial charge in [-0.1, -0.05) is 18.0 Å². The van der Waals surface area contributed by atoms with Crippen molar-refractivity contribution >= 4 is 5.91 Å². The quantitative estimate of drug-likeness (QED) is 0.644. The second-order valence-corrected chi connectivity index (χ2v) is 8.51. The fraction of sp³-hybridized carbons (Fsp3) is 0.455. The number of carbonyl (C=O) groups is 1. The van der Waals surface area contributed by atoms with Crippen LogP contribution in [0, 0.1) is 11.7 Å². The van der Waals surface area contributed by atoms with Crippen molar-refractivity contribution in [1.82, 2.24) is 24.6 Å². The summed E-state index contributed by atoms with van der Waals surface area (Å²) in [7, 11) is 1.83. The molecule has 3 aromatic rings. The Morgan fingerprint density at radius 1 is 1.23 bits per heavy atom. The number of carbonyl (C=O) groups excluding carboxylic acids is 1. The van der Waals surface area contributed by atoms with Gasteiger partial charge in [0.1, 0.15) is 5.82 Å². The highest BCUT2D eigenvalue weighted by molar-refractivity contribution is 5.90. The topological polar surface area (TPSA) is 77.0 Å². The third-order valence-corrected chi connectivity index (χ3v) is 6.39. The first kappa shape index (κ1) is 19.0. The summed E-state index contributed by atoms with van der Waals surface area (Å²) in [5.41, 5.74) is 0.514. The summed E-state index contributed by atoms with van der Waals surface area (Å²) < 4.78 is 20.5. The zero-order valence-electron chi connectivity index (χ0n) is 16.9. The maximum Gasteiger partial charge on any atom is 0.289 e. The predicted octanol–water partition coefficient (Wildman–Crippen LogP) is 3.58. The van der Waals surface area contributed by atoms with Crippen LogP contribution < -0.4 is 0 Å². The molecule has 1 saturated heterocycles. The van der Waals surface area contributed by atoms with E-state index in [0.29, 0.717) is 42.1 Å². The van der Waals surface area contributed by atoms with Gasteiger partial charge in [0.15, 0.2) is 11.6 Å². The normalized spacial score (nSPS) is 18.5. The standard InChI is InChI=1S/C22H24FN5O2/c1-27-13-10-24-18(27)20(29)28-11-8-22(9-12-28,14-15-2-3-15)21-25-19(30-26-21)16-4-6-17(23)7-5-16/h4-7,10,13,15H,2-3,8-9,11-12,14H2,1H3.